The zero-order valence-corrected chi connectivity index (χ0v) is 21.4. The maximum Gasteiger partial charge on any atom is 0.243 e. The number of piperidine rings is 1. The van der Waals surface area contributed by atoms with Crippen molar-refractivity contribution in [3.8, 4) is 0 Å². The molecule has 5 rings (SSSR count). The van der Waals surface area contributed by atoms with Crippen molar-refractivity contribution in [3.63, 3.8) is 0 Å². The third-order valence-electron chi connectivity index (χ3n) is 7.52. The molecule has 35 heavy (non-hydrogen) atoms. The van der Waals surface area contributed by atoms with Crippen LogP contribution in [0.4, 0.5) is 0 Å². The zero-order chi connectivity index (χ0) is 25.0. The summed E-state index contributed by atoms with van der Waals surface area (Å²) < 4.78 is 34.3. The number of hydrogen-bond acceptors (Lipinski definition) is 6. The molecule has 1 unspecified atom stereocenters. The number of methoxy groups -OCH3 is 1. The minimum atomic E-state index is -4.04. The Kier molecular flexibility index (Phi) is 6.08. The van der Waals surface area contributed by atoms with Crippen molar-refractivity contribution in [1.82, 2.24) is 19.4 Å². The molecule has 1 atom stereocenters. The van der Waals surface area contributed by atoms with E-state index in [0.29, 0.717) is 24.4 Å². The molecule has 0 bridgehead atoms. The summed E-state index contributed by atoms with van der Waals surface area (Å²) in [7, 11) is -2.53. The highest BCUT2D eigenvalue weighted by Crippen LogP contribution is 2.46. The number of amides is 2. The Hall–Kier alpha value is -2.24. The van der Waals surface area contributed by atoms with Crippen molar-refractivity contribution in [3.05, 3.63) is 41.4 Å². The molecule has 3 fully saturated rings. The number of nitrogens with one attached hydrogen (secondary N) is 1. The Bertz CT molecular complexity index is 1300. The van der Waals surface area contributed by atoms with Crippen LogP contribution in [0.3, 0.4) is 0 Å². The van der Waals surface area contributed by atoms with E-state index in [2.05, 4.69) is 5.32 Å². The van der Waals surface area contributed by atoms with Crippen LogP contribution in [0.15, 0.2) is 41.3 Å². The monoisotopic (exact) mass is 520 g/mol. The lowest BCUT2D eigenvalue weighted by molar-refractivity contribution is -0.164. The lowest BCUT2D eigenvalue weighted by atomic mass is 9.86. The van der Waals surface area contributed by atoms with Crippen LogP contribution in [0.25, 0.3) is 10.8 Å². The summed E-state index contributed by atoms with van der Waals surface area (Å²) in [5.41, 5.74) is -1.75. The maximum absolute atomic E-state index is 13.8. The van der Waals surface area contributed by atoms with Gasteiger partial charge in [-0.3, -0.25) is 9.59 Å². The molecule has 11 heteroatoms. The summed E-state index contributed by atoms with van der Waals surface area (Å²) in [6.07, 6.45) is 1.36. The van der Waals surface area contributed by atoms with Crippen molar-refractivity contribution < 1.29 is 22.7 Å². The lowest BCUT2D eigenvalue weighted by Gasteiger charge is -2.51. The van der Waals surface area contributed by atoms with Crippen molar-refractivity contribution in [2.75, 3.05) is 46.4 Å². The summed E-state index contributed by atoms with van der Waals surface area (Å²) in [6, 6.07) is 10.1. The summed E-state index contributed by atoms with van der Waals surface area (Å²) in [6.45, 7) is 2.98. The second kappa shape index (κ2) is 8.70. The molecule has 0 aromatic heterocycles. The van der Waals surface area contributed by atoms with E-state index in [4.69, 9.17) is 16.3 Å². The standard InChI is InChI=1S/C24H29ClN4O5S/c1-17(30)29-23(7-9-26-10-8-23)14-28-22(31)13-27(15-24(28,29)16-34-2)35(32,33)21-6-4-18-11-20(25)5-3-19(18)12-21/h3-6,11-12,26H,7-10,13-16H2,1-2H3. The number of piperazine rings is 1. The molecule has 1 spiro atoms. The molecule has 3 aliphatic heterocycles. The summed E-state index contributed by atoms with van der Waals surface area (Å²) >= 11 is 6.07. The van der Waals surface area contributed by atoms with Crippen LogP contribution < -0.4 is 5.32 Å². The summed E-state index contributed by atoms with van der Waals surface area (Å²) in [5.74, 6) is -0.521. The fourth-order valence-electron chi connectivity index (χ4n) is 6.12. The van der Waals surface area contributed by atoms with Gasteiger partial charge in [0.2, 0.25) is 21.8 Å². The number of carbonyl (C=O) groups is 2. The van der Waals surface area contributed by atoms with Gasteiger partial charge in [0.25, 0.3) is 0 Å². The van der Waals surface area contributed by atoms with Crippen LogP contribution in [-0.2, 0) is 24.3 Å². The Balaban J connectivity index is 1.57. The van der Waals surface area contributed by atoms with E-state index >= 15 is 0 Å². The van der Waals surface area contributed by atoms with E-state index in [1.807, 2.05) is 0 Å². The summed E-state index contributed by atoms with van der Waals surface area (Å²) in [4.78, 5) is 30.1. The molecule has 1 N–H and O–H groups in total. The van der Waals surface area contributed by atoms with E-state index in [9.17, 15) is 18.0 Å². The fraction of sp³-hybridized carbons (Fsp3) is 0.500. The molecule has 0 aliphatic carbocycles. The van der Waals surface area contributed by atoms with Gasteiger partial charge < -0.3 is 19.9 Å². The van der Waals surface area contributed by atoms with Crippen LogP contribution in [0.2, 0.25) is 5.02 Å². The van der Waals surface area contributed by atoms with Crippen molar-refractivity contribution >= 4 is 44.2 Å². The Morgan fingerprint density at radius 2 is 1.80 bits per heavy atom. The number of halogens is 1. The van der Waals surface area contributed by atoms with Gasteiger partial charge in [0.05, 0.1) is 30.1 Å². The van der Waals surface area contributed by atoms with Gasteiger partial charge in [0, 0.05) is 25.6 Å². The van der Waals surface area contributed by atoms with Crippen molar-refractivity contribution in [2.24, 2.45) is 0 Å². The highest BCUT2D eigenvalue weighted by molar-refractivity contribution is 7.89. The second-order valence-electron chi connectivity index (χ2n) is 9.65. The smallest absolute Gasteiger partial charge is 0.243 e. The first kappa shape index (κ1) is 24.5. The Labute approximate surface area is 210 Å². The van der Waals surface area contributed by atoms with Crippen LogP contribution in [0.5, 0.6) is 0 Å². The first-order valence-corrected chi connectivity index (χ1v) is 13.5. The van der Waals surface area contributed by atoms with E-state index in [1.165, 1.54) is 24.4 Å². The second-order valence-corrected chi connectivity index (χ2v) is 12.0. The van der Waals surface area contributed by atoms with Crippen LogP contribution in [0, 0.1) is 0 Å². The lowest BCUT2D eigenvalue weighted by Crippen LogP contribution is -2.71. The van der Waals surface area contributed by atoms with Crippen molar-refractivity contribution in [2.45, 2.75) is 35.9 Å². The average Bonchev–Trinajstić information content (AvgIpc) is 3.09. The SMILES string of the molecule is COCC12CN(S(=O)(=O)c3ccc4cc(Cl)ccc4c3)CC(=O)N1CC1(CCNCC1)N2C(C)=O. The Morgan fingerprint density at radius 3 is 2.49 bits per heavy atom. The number of fused-ring (bicyclic) bond motifs is 2. The van der Waals surface area contributed by atoms with E-state index < -0.39 is 21.2 Å². The number of sulfonamides is 1. The molecule has 2 aromatic rings. The molecule has 2 amide bonds. The van der Waals surface area contributed by atoms with Gasteiger partial charge in [0.1, 0.15) is 0 Å². The molecule has 0 saturated carbocycles. The quantitative estimate of drug-likeness (QED) is 0.658. The van der Waals surface area contributed by atoms with Crippen molar-refractivity contribution in [1.29, 1.82) is 0 Å². The van der Waals surface area contributed by atoms with Gasteiger partial charge in [-0.05, 0) is 61.0 Å². The maximum atomic E-state index is 13.8. The topological polar surface area (TPSA) is 99.3 Å². The number of nitrogens with zero attached hydrogens (tertiary/aromatic N) is 3. The van der Waals surface area contributed by atoms with E-state index in [1.54, 1.807) is 40.1 Å². The third-order valence-corrected chi connectivity index (χ3v) is 9.55. The predicted octanol–water partition coefficient (Wildman–Crippen LogP) is 1.65. The number of benzene rings is 2. The van der Waals surface area contributed by atoms with E-state index in [-0.39, 0.29) is 36.4 Å². The van der Waals surface area contributed by atoms with E-state index in [0.717, 1.165) is 23.9 Å². The first-order chi connectivity index (χ1) is 16.6. The van der Waals surface area contributed by atoms with Gasteiger partial charge in [-0.2, -0.15) is 4.31 Å². The molecule has 3 heterocycles. The minimum absolute atomic E-state index is 0.0235. The molecule has 3 saturated heterocycles. The van der Waals surface area contributed by atoms with Crippen LogP contribution in [0.1, 0.15) is 19.8 Å². The van der Waals surface area contributed by atoms with Gasteiger partial charge in [0.15, 0.2) is 5.66 Å². The molecule has 188 valence electrons. The molecule has 0 radical (unpaired) electrons. The number of ether oxygens (including phenoxy) is 1. The van der Waals surface area contributed by atoms with Gasteiger partial charge in [-0.1, -0.05) is 23.7 Å². The number of hydrogen-bond donors (Lipinski definition) is 1. The average molecular weight is 521 g/mol. The van der Waals surface area contributed by atoms with Crippen LogP contribution in [-0.4, -0.2) is 92.0 Å². The van der Waals surface area contributed by atoms with Gasteiger partial charge in [-0.15, -0.1) is 0 Å². The minimum Gasteiger partial charge on any atom is -0.380 e. The normalized spacial score (nSPS) is 24.8. The molecular weight excluding hydrogens is 492 g/mol. The highest BCUT2D eigenvalue weighted by atomic mass is 35.5. The number of rotatable bonds is 4. The fourth-order valence-corrected chi connectivity index (χ4v) is 7.77. The molecule has 9 nitrogen and oxygen atoms in total. The molecule has 2 aromatic carbocycles. The zero-order valence-electron chi connectivity index (χ0n) is 19.8. The van der Waals surface area contributed by atoms with Crippen LogP contribution >= 0.6 is 11.6 Å². The number of carbonyl (C=O) groups excluding carboxylic acids is 2. The first-order valence-electron chi connectivity index (χ1n) is 11.6. The molecular formula is C24H29ClN4O5S. The van der Waals surface area contributed by atoms with Gasteiger partial charge >= 0.3 is 0 Å². The predicted molar refractivity (Wildman–Crippen MR) is 131 cm³/mol. The Morgan fingerprint density at radius 1 is 1.11 bits per heavy atom. The van der Waals surface area contributed by atoms with Gasteiger partial charge in [-0.25, -0.2) is 8.42 Å². The highest BCUT2D eigenvalue weighted by Gasteiger charge is 2.65. The third kappa shape index (κ3) is 3.82. The summed E-state index contributed by atoms with van der Waals surface area (Å²) in [5, 5.41) is 5.43. The largest absolute Gasteiger partial charge is 0.380 e. The molecule has 3 aliphatic rings.